The van der Waals surface area contributed by atoms with Crippen molar-refractivity contribution in [1.82, 2.24) is 14.5 Å². The normalized spacial score (nSPS) is 11.7. The van der Waals surface area contributed by atoms with E-state index in [-0.39, 0.29) is 0 Å². The molecule has 0 saturated heterocycles. The van der Waals surface area contributed by atoms with Gasteiger partial charge in [-0.1, -0.05) is 164 Å². The summed E-state index contributed by atoms with van der Waals surface area (Å²) in [6.45, 7) is 0. The molecule has 59 heavy (non-hydrogen) atoms. The average molecular weight is 750 g/mol. The Labute approximate surface area is 341 Å². The van der Waals surface area contributed by atoms with E-state index in [1.165, 1.54) is 54.5 Å². The van der Waals surface area contributed by atoms with Crippen LogP contribution in [0.3, 0.4) is 0 Å². The van der Waals surface area contributed by atoms with Gasteiger partial charge in [-0.25, -0.2) is 9.97 Å². The Bertz CT molecular complexity index is 3450. The Morgan fingerprint density at radius 2 is 0.864 bits per heavy atom. The standard InChI is InChI=1S/C56H35N3/c1-3-14-36(15-4-1)41-32-42(37-16-5-2-6-17-37)34-43(33-41)55-49-23-11-12-25-50(49)57-56(58-55)48-24-13-20-40-35-44(28-29-45(40)48)59-51-30-26-38-18-7-9-21-46(38)53(51)54-47-22-10-8-19-39(47)27-31-52(54)59/h1-35H. The lowest BCUT2D eigenvalue weighted by Gasteiger charge is -2.15. The minimum atomic E-state index is 0.707. The van der Waals surface area contributed by atoms with Crippen molar-refractivity contribution in [2.45, 2.75) is 0 Å². The molecule has 0 radical (unpaired) electrons. The summed E-state index contributed by atoms with van der Waals surface area (Å²) in [5, 5.41) is 10.9. The van der Waals surface area contributed by atoms with E-state index < -0.39 is 0 Å². The van der Waals surface area contributed by atoms with Gasteiger partial charge in [0.15, 0.2) is 5.82 Å². The molecule has 0 bridgehead atoms. The Morgan fingerprint density at radius 3 is 1.51 bits per heavy atom. The van der Waals surface area contributed by atoms with Crippen LogP contribution in [0.4, 0.5) is 0 Å². The number of hydrogen-bond donors (Lipinski definition) is 0. The maximum atomic E-state index is 5.46. The lowest BCUT2D eigenvalue weighted by molar-refractivity contribution is 1.19. The molecular weight excluding hydrogens is 715 g/mol. The van der Waals surface area contributed by atoms with Crippen LogP contribution in [0.2, 0.25) is 0 Å². The fourth-order valence-corrected chi connectivity index (χ4v) is 9.21. The third-order valence-electron chi connectivity index (χ3n) is 11.9. The van der Waals surface area contributed by atoms with Crippen LogP contribution in [0.15, 0.2) is 212 Å². The van der Waals surface area contributed by atoms with Crippen LogP contribution in [0.25, 0.3) is 116 Å². The van der Waals surface area contributed by atoms with E-state index in [9.17, 15) is 0 Å². The first-order chi connectivity index (χ1) is 29.2. The Balaban J connectivity index is 1.06. The van der Waals surface area contributed by atoms with Crippen LogP contribution in [-0.4, -0.2) is 14.5 Å². The second-order valence-electron chi connectivity index (χ2n) is 15.4. The summed E-state index contributed by atoms with van der Waals surface area (Å²) in [5.74, 6) is 0.707. The van der Waals surface area contributed by atoms with Crippen molar-refractivity contribution >= 4 is 65.0 Å². The lowest BCUT2D eigenvalue weighted by atomic mass is 9.94. The van der Waals surface area contributed by atoms with Crippen LogP contribution < -0.4 is 0 Å². The Kier molecular flexibility index (Phi) is 7.54. The number of benzene rings is 10. The summed E-state index contributed by atoms with van der Waals surface area (Å²) in [4.78, 5) is 10.7. The molecule has 2 heterocycles. The smallest absolute Gasteiger partial charge is 0.161 e. The molecule has 12 aromatic rings. The predicted molar refractivity (Wildman–Crippen MR) is 248 cm³/mol. The van der Waals surface area contributed by atoms with Gasteiger partial charge in [-0.3, -0.25) is 0 Å². The van der Waals surface area contributed by atoms with Crippen molar-refractivity contribution in [2.24, 2.45) is 0 Å². The number of fused-ring (bicyclic) bond motifs is 9. The van der Waals surface area contributed by atoms with E-state index in [2.05, 4.69) is 217 Å². The van der Waals surface area contributed by atoms with Crippen LogP contribution in [0.5, 0.6) is 0 Å². The third kappa shape index (κ3) is 5.44. The molecule has 0 atom stereocenters. The number of rotatable bonds is 5. The van der Waals surface area contributed by atoms with Gasteiger partial charge in [0.2, 0.25) is 0 Å². The van der Waals surface area contributed by atoms with Crippen molar-refractivity contribution < 1.29 is 0 Å². The number of hydrogen-bond acceptors (Lipinski definition) is 2. The highest BCUT2D eigenvalue weighted by Crippen LogP contribution is 2.42. The molecule has 2 aromatic heterocycles. The molecule has 0 aliphatic carbocycles. The van der Waals surface area contributed by atoms with Crippen molar-refractivity contribution in [3.63, 3.8) is 0 Å². The van der Waals surface area contributed by atoms with Gasteiger partial charge in [0.25, 0.3) is 0 Å². The van der Waals surface area contributed by atoms with E-state index in [1.54, 1.807) is 0 Å². The molecule has 0 fully saturated rings. The van der Waals surface area contributed by atoms with E-state index in [1.807, 2.05) is 0 Å². The lowest BCUT2D eigenvalue weighted by Crippen LogP contribution is -1.97. The topological polar surface area (TPSA) is 30.7 Å². The second kappa shape index (κ2) is 13.4. The average Bonchev–Trinajstić information content (AvgIpc) is 3.67. The number of para-hydroxylation sites is 1. The van der Waals surface area contributed by atoms with Gasteiger partial charge < -0.3 is 4.57 Å². The molecule has 274 valence electrons. The van der Waals surface area contributed by atoms with Gasteiger partial charge >= 0.3 is 0 Å². The van der Waals surface area contributed by atoms with Crippen molar-refractivity contribution in [3.8, 4) is 50.6 Å². The second-order valence-corrected chi connectivity index (χ2v) is 15.4. The molecular formula is C56H35N3. The van der Waals surface area contributed by atoms with E-state index in [0.717, 1.165) is 55.3 Å². The molecule has 3 heteroatoms. The summed E-state index contributed by atoms with van der Waals surface area (Å²) < 4.78 is 2.43. The molecule has 0 spiro atoms. The van der Waals surface area contributed by atoms with Gasteiger partial charge in [-0.05, 0) is 103 Å². The maximum Gasteiger partial charge on any atom is 0.161 e. The summed E-state index contributed by atoms with van der Waals surface area (Å²) in [5.41, 5.74) is 12.0. The molecule has 0 aliphatic rings. The zero-order chi connectivity index (χ0) is 38.9. The molecule has 10 aromatic carbocycles. The van der Waals surface area contributed by atoms with Crippen LogP contribution >= 0.6 is 0 Å². The van der Waals surface area contributed by atoms with Crippen LogP contribution in [0, 0.1) is 0 Å². The fourth-order valence-electron chi connectivity index (χ4n) is 9.21. The molecule has 3 nitrogen and oxygen atoms in total. The SMILES string of the molecule is c1ccc(-c2cc(-c3ccccc3)cc(-c3nc(-c4cccc5cc(-n6c7ccc8ccccc8c7c7c8ccccc8ccc76)ccc45)nc4ccccc34)c2)cc1. The van der Waals surface area contributed by atoms with Gasteiger partial charge in [0.05, 0.1) is 22.2 Å². The van der Waals surface area contributed by atoms with Crippen LogP contribution in [-0.2, 0) is 0 Å². The molecule has 0 amide bonds. The van der Waals surface area contributed by atoms with Crippen molar-refractivity contribution in [1.29, 1.82) is 0 Å². The van der Waals surface area contributed by atoms with Gasteiger partial charge in [0.1, 0.15) is 0 Å². The monoisotopic (exact) mass is 749 g/mol. The fraction of sp³-hybridized carbons (Fsp3) is 0. The third-order valence-corrected chi connectivity index (χ3v) is 11.9. The van der Waals surface area contributed by atoms with Crippen LogP contribution in [0.1, 0.15) is 0 Å². The van der Waals surface area contributed by atoms with E-state index in [0.29, 0.717) is 5.82 Å². The van der Waals surface area contributed by atoms with E-state index >= 15 is 0 Å². The highest BCUT2D eigenvalue weighted by Gasteiger charge is 2.19. The highest BCUT2D eigenvalue weighted by molar-refractivity contribution is 6.28. The summed E-state index contributed by atoms with van der Waals surface area (Å²) >= 11 is 0. The van der Waals surface area contributed by atoms with Gasteiger partial charge in [-0.2, -0.15) is 0 Å². The van der Waals surface area contributed by atoms with Gasteiger partial charge in [0, 0.05) is 33.0 Å². The van der Waals surface area contributed by atoms with Crippen molar-refractivity contribution in [3.05, 3.63) is 212 Å². The largest absolute Gasteiger partial charge is 0.309 e. The molecule has 0 aliphatic heterocycles. The quantitative estimate of drug-likeness (QED) is 0.175. The molecule has 0 unspecified atom stereocenters. The first-order valence-corrected chi connectivity index (χ1v) is 20.2. The highest BCUT2D eigenvalue weighted by atomic mass is 15.0. The zero-order valence-corrected chi connectivity index (χ0v) is 32.0. The number of aromatic nitrogens is 3. The zero-order valence-electron chi connectivity index (χ0n) is 32.0. The first-order valence-electron chi connectivity index (χ1n) is 20.2. The molecule has 0 saturated carbocycles. The minimum Gasteiger partial charge on any atom is -0.309 e. The number of nitrogens with zero attached hydrogens (tertiary/aromatic N) is 3. The Hall–Kier alpha value is -7.88. The Morgan fingerprint density at radius 1 is 0.322 bits per heavy atom. The first kappa shape index (κ1) is 33.3. The maximum absolute atomic E-state index is 5.46. The molecule has 12 rings (SSSR count). The van der Waals surface area contributed by atoms with Crippen molar-refractivity contribution in [2.75, 3.05) is 0 Å². The van der Waals surface area contributed by atoms with Gasteiger partial charge in [-0.15, -0.1) is 0 Å². The van der Waals surface area contributed by atoms with E-state index in [4.69, 9.17) is 9.97 Å². The minimum absolute atomic E-state index is 0.707. The summed E-state index contributed by atoms with van der Waals surface area (Å²) in [7, 11) is 0. The summed E-state index contributed by atoms with van der Waals surface area (Å²) in [6, 6.07) is 76.3. The summed E-state index contributed by atoms with van der Waals surface area (Å²) in [6.07, 6.45) is 0. The molecule has 0 N–H and O–H groups in total. The predicted octanol–water partition coefficient (Wildman–Crippen LogP) is 14.9.